The zero-order valence-electron chi connectivity index (χ0n) is 17.2. The minimum absolute atomic E-state index is 0.0764. The number of aliphatic hydroxyl groups is 1. The van der Waals surface area contributed by atoms with E-state index >= 15 is 0 Å². The van der Waals surface area contributed by atoms with Crippen LogP contribution < -0.4 is 4.90 Å². The normalized spacial score (nSPS) is 20.1. The Labute approximate surface area is 169 Å². The summed E-state index contributed by atoms with van der Waals surface area (Å²) in [6, 6.07) is 3.77. The Kier molecular flexibility index (Phi) is 5.79. The van der Waals surface area contributed by atoms with Crippen LogP contribution >= 0.6 is 0 Å². The Morgan fingerprint density at radius 3 is 2.79 bits per heavy atom. The molecule has 0 aromatic carbocycles. The molecule has 3 heterocycles. The SMILES string of the molecule is CN(C[C@]1(O)CCCN(c2ccc3nccn3n2)C1)C(=O)CC(C)(C)CC(=O)O. The molecular formula is C20H29N5O4. The molecule has 1 amide bonds. The van der Waals surface area contributed by atoms with Gasteiger partial charge in [0.2, 0.25) is 5.91 Å². The van der Waals surface area contributed by atoms with Gasteiger partial charge in [-0.1, -0.05) is 13.8 Å². The van der Waals surface area contributed by atoms with Crippen molar-refractivity contribution >= 4 is 23.3 Å². The number of anilines is 1. The predicted molar refractivity (Wildman–Crippen MR) is 108 cm³/mol. The number of β-amino-alcohol motifs (C(OH)–C–C–N with tert-alkyl or cyclic N) is 1. The van der Waals surface area contributed by atoms with Gasteiger partial charge in [-0.25, -0.2) is 9.50 Å². The van der Waals surface area contributed by atoms with E-state index in [-0.39, 0.29) is 25.3 Å². The third kappa shape index (κ3) is 5.23. The first-order valence-corrected chi connectivity index (χ1v) is 9.80. The monoisotopic (exact) mass is 403 g/mol. The van der Waals surface area contributed by atoms with Crippen molar-refractivity contribution in [2.75, 3.05) is 31.6 Å². The molecule has 2 aromatic heterocycles. The zero-order valence-corrected chi connectivity index (χ0v) is 17.2. The number of carboxylic acids is 1. The highest BCUT2D eigenvalue weighted by atomic mass is 16.4. The van der Waals surface area contributed by atoms with E-state index in [9.17, 15) is 14.7 Å². The molecule has 9 heteroatoms. The Balaban J connectivity index is 1.64. The Bertz CT molecular complexity index is 896. The molecule has 3 rings (SSSR count). The number of imidazole rings is 1. The number of fused-ring (bicyclic) bond motifs is 1. The van der Waals surface area contributed by atoms with Crippen LogP contribution in [0.15, 0.2) is 24.5 Å². The van der Waals surface area contributed by atoms with Crippen LogP contribution in [0.25, 0.3) is 5.65 Å². The van der Waals surface area contributed by atoms with Crippen LogP contribution in [-0.2, 0) is 9.59 Å². The van der Waals surface area contributed by atoms with Gasteiger partial charge in [-0.2, -0.15) is 0 Å². The molecule has 2 aromatic rings. The zero-order chi connectivity index (χ0) is 21.2. The molecule has 1 atom stereocenters. The molecular weight excluding hydrogens is 374 g/mol. The second-order valence-electron chi connectivity index (χ2n) is 8.83. The van der Waals surface area contributed by atoms with Crippen LogP contribution in [0.4, 0.5) is 5.82 Å². The number of nitrogens with zero attached hydrogens (tertiary/aromatic N) is 5. The van der Waals surface area contributed by atoms with E-state index < -0.39 is 17.0 Å². The lowest BCUT2D eigenvalue weighted by Crippen LogP contribution is -2.55. The Morgan fingerprint density at radius 1 is 1.31 bits per heavy atom. The topological polar surface area (TPSA) is 111 Å². The number of aliphatic carboxylic acids is 1. The molecule has 0 unspecified atom stereocenters. The molecule has 1 aliphatic heterocycles. The van der Waals surface area contributed by atoms with E-state index in [2.05, 4.69) is 10.1 Å². The average Bonchev–Trinajstić information content (AvgIpc) is 3.07. The van der Waals surface area contributed by atoms with E-state index in [0.29, 0.717) is 13.0 Å². The number of hydrogen-bond acceptors (Lipinski definition) is 6. The maximum absolute atomic E-state index is 12.6. The number of amides is 1. The van der Waals surface area contributed by atoms with Crippen LogP contribution in [0.3, 0.4) is 0 Å². The van der Waals surface area contributed by atoms with Crippen LogP contribution in [0.5, 0.6) is 0 Å². The van der Waals surface area contributed by atoms with Crippen LogP contribution in [0.2, 0.25) is 0 Å². The first kappa shape index (κ1) is 21.0. The standard InChI is InChI=1S/C20H29N5O4/c1-19(2,12-18(27)28)11-17(26)23(3)13-20(29)7-4-9-24(14-20)16-6-5-15-21-8-10-25(15)22-16/h5-6,8,10,29H,4,7,9,11-14H2,1-3H3,(H,27,28)/t20-/m1/s1. The second-order valence-corrected chi connectivity index (χ2v) is 8.83. The number of likely N-dealkylation sites (N-methyl/N-ethyl adjacent to an activating group) is 1. The predicted octanol–water partition coefficient (Wildman–Crippen LogP) is 1.41. The summed E-state index contributed by atoms with van der Waals surface area (Å²) in [4.78, 5) is 31.3. The fourth-order valence-electron chi connectivity index (χ4n) is 3.96. The molecule has 0 spiro atoms. The summed E-state index contributed by atoms with van der Waals surface area (Å²) in [5, 5.41) is 24.7. The number of carboxylic acid groups (broad SMARTS) is 1. The van der Waals surface area contributed by atoms with Crippen molar-refractivity contribution in [3.05, 3.63) is 24.5 Å². The molecule has 158 valence electrons. The molecule has 1 aliphatic rings. The van der Waals surface area contributed by atoms with Crippen molar-refractivity contribution in [3.63, 3.8) is 0 Å². The lowest BCUT2D eigenvalue weighted by Gasteiger charge is -2.41. The highest BCUT2D eigenvalue weighted by Gasteiger charge is 2.37. The van der Waals surface area contributed by atoms with Gasteiger partial charge in [0.25, 0.3) is 0 Å². The van der Waals surface area contributed by atoms with Crippen molar-refractivity contribution in [3.8, 4) is 0 Å². The maximum atomic E-state index is 12.6. The first-order valence-electron chi connectivity index (χ1n) is 9.80. The molecule has 0 saturated carbocycles. The van der Waals surface area contributed by atoms with E-state index in [1.165, 1.54) is 4.90 Å². The summed E-state index contributed by atoms with van der Waals surface area (Å²) >= 11 is 0. The fourth-order valence-corrected chi connectivity index (χ4v) is 3.96. The van der Waals surface area contributed by atoms with Crippen molar-refractivity contribution in [1.82, 2.24) is 19.5 Å². The molecule has 1 fully saturated rings. The molecule has 9 nitrogen and oxygen atoms in total. The molecule has 1 saturated heterocycles. The number of carbonyl (C=O) groups excluding carboxylic acids is 1. The Hall–Kier alpha value is -2.68. The average molecular weight is 403 g/mol. The van der Waals surface area contributed by atoms with Gasteiger partial charge in [-0.15, -0.1) is 5.10 Å². The second kappa shape index (κ2) is 7.98. The van der Waals surface area contributed by atoms with E-state index in [1.807, 2.05) is 17.0 Å². The summed E-state index contributed by atoms with van der Waals surface area (Å²) < 4.78 is 1.70. The number of hydrogen-bond donors (Lipinski definition) is 2. The van der Waals surface area contributed by atoms with Gasteiger partial charge in [0.1, 0.15) is 5.82 Å². The van der Waals surface area contributed by atoms with Gasteiger partial charge in [0.05, 0.1) is 18.6 Å². The molecule has 0 bridgehead atoms. The maximum Gasteiger partial charge on any atom is 0.303 e. The summed E-state index contributed by atoms with van der Waals surface area (Å²) in [6.45, 7) is 4.87. The van der Waals surface area contributed by atoms with Gasteiger partial charge in [-0.05, 0) is 30.4 Å². The third-order valence-electron chi connectivity index (χ3n) is 5.34. The number of rotatable bonds is 7. The summed E-state index contributed by atoms with van der Waals surface area (Å²) in [7, 11) is 1.66. The summed E-state index contributed by atoms with van der Waals surface area (Å²) in [6.07, 6.45) is 4.88. The van der Waals surface area contributed by atoms with Crippen molar-refractivity contribution < 1.29 is 19.8 Å². The van der Waals surface area contributed by atoms with Gasteiger partial charge in [0, 0.05) is 39.0 Å². The molecule has 29 heavy (non-hydrogen) atoms. The Morgan fingerprint density at radius 2 is 2.07 bits per heavy atom. The van der Waals surface area contributed by atoms with E-state index in [4.69, 9.17) is 5.11 Å². The van der Waals surface area contributed by atoms with Crippen molar-refractivity contribution in [1.29, 1.82) is 0 Å². The molecule has 0 radical (unpaired) electrons. The summed E-state index contributed by atoms with van der Waals surface area (Å²) in [5.41, 5.74) is -0.927. The van der Waals surface area contributed by atoms with Gasteiger partial charge < -0.3 is 20.0 Å². The number of carbonyl (C=O) groups is 2. The fraction of sp³-hybridized carbons (Fsp3) is 0.600. The minimum Gasteiger partial charge on any atom is -0.481 e. The molecule has 2 N–H and O–H groups in total. The largest absolute Gasteiger partial charge is 0.481 e. The number of aromatic nitrogens is 3. The third-order valence-corrected chi connectivity index (χ3v) is 5.34. The smallest absolute Gasteiger partial charge is 0.303 e. The van der Waals surface area contributed by atoms with Crippen LogP contribution in [0.1, 0.15) is 39.5 Å². The van der Waals surface area contributed by atoms with Crippen LogP contribution in [-0.4, -0.2) is 73.9 Å². The van der Waals surface area contributed by atoms with Gasteiger partial charge in [-0.3, -0.25) is 9.59 Å². The first-order chi connectivity index (χ1) is 13.6. The highest BCUT2D eigenvalue weighted by molar-refractivity contribution is 5.78. The van der Waals surface area contributed by atoms with E-state index in [1.54, 1.807) is 37.8 Å². The minimum atomic E-state index is -1.05. The lowest BCUT2D eigenvalue weighted by atomic mass is 9.85. The quantitative estimate of drug-likeness (QED) is 0.719. The highest BCUT2D eigenvalue weighted by Crippen LogP contribution is 2.28. The summed E-state index contributed by atoms with van der Waals surface area (Å²) in [5.74, 6) is -0.334. The molecule has 0 aliphatic carbocycles. The lowest BCUT2D eigenvalue weighted by molar-refractivity contribution is -0.141. The van der Waals surface area contributed by atoms with E-state index in [0.717, 1.165) is 24.4 Å². The van der Waals surface area contributed by atoms with Gasteiger partial charge >= 0.3 is 5.97 Å². The van der Waals surface area contributed by atoms with Crippen LogP contribution in [0, 0.1) is 5.41 Å². The number of piperidine rings is 1. The van der Waals surface area contributed by atoms with Crippen molar-refractivity contribution in [2.24, 2.45) is 5.41 Å². The van der Waals surface area contributed by atoms with Crippen molar-refractivity contribution in [2.45, 2.75) is 45.1 Å². The van der Waals surface area contributed by atoms with Gasteiger partial charge in [0.15, 0.2) is 5.65 Å².